The van der Waals surface area contributed by atoms with E-state index in [9.17, 15) is 9.59 Å². The molecule has 2 heterocycles. The SMILES string of the molecule is CC(Sc1nnc(CCC(=O)Nc2ccccc2Cl)n1C)c1nc2ccccc2c(=O)[nH]1. The molecule has 1 amide bonds. The van der Waals surface area contributed by atoms with Gasteiger partial charge in [0.25, 0.3) is 5.56 Å². The number of aromatic nitrogens is 5. The third-order valence-corrected chi connectivity index (χ3v) is 6.42. The lowest BCUT2D eigenvalue weighted by Crippen LogP contribution is -2.14. The second-order valence-electron chi connectivity index (χ2n) is 7.21. The maximum absolute atomic E-state index is 12.3. The molecule has 32 heavy (non-hydrogen) atoms. The maximum atomic E-state index is 12.3. The molecule has 0 aliphatic rings. The number of nitrogens with zero attached hydrogens (tertiary/aromatic N) is 4. The molecular weight excluding hydrogens is 448 g/mol. The predicted octanol–water partition coefficient (Wildman–Crippen LogP) is 4.13. The Morgan fingerprint density at radius 3 is 2.75 bits per heavy atom. The number of hydrogen-bond acceptors (Lipinski definition) is 6. The Balaban J connectivity index is 1.41. The molecule has 2 aromatic heterocycles. The van der Waals surface area contributed by atoms with E-state index in [1.54, 1.807) is 24.3 Å². The molecule has 2 aromatic carbocycles. The van der Waals surface area contributed by atoms with Crippen LogP contribution in [0.2, 0.25) is 5.02 Å². The quantitative estimate of drug-likeness (QED) is 0.395. The number of halogens is 1. The summed E-state index contributed by atoms with van der Waals surface area (Å²) >= 11 is 7.52. The zero-order chi connectivity index (χ0) is 22.7. The van der Waals surface area contributed by atoms with E-state index >= 15 is 0 Å². The topological polar surface area (TPSA) is 106 Å². The Bertz CT molecular complexity index is 1340. The number of carbonyl (C=O) groups excluding carboxylic acids is 1. The standard InChI is InChI=1S/C22H21ClN6O2S/c1-13(20-25-16-9-5-3-7-14(16)21(31)26-20)32-22-28-27-18(29(22)2)11-12-19(30)24-17-10-6-4-8-15(17)23/h3-10,13H,11-12H2,1-2H3,(H,24,30)(H,25,26,31). The van der Waals surface area contributed by atoms with E-state index in [-0.39, 0.29) is 23.1 Å². The lowest BCUT2D eigenvalue weighted by atomic mass is 10.2. The van der Waals surface area contributed by atoms with E-state index < -0.39 is 0 Å². The number of fused-ring (bicyclic) bond motifs is 1. The molecule has 0 bridgehead atoms. The Hall–Kier alpha value is -3.17. The van der Waals surface area contributed by atoms with Gasteiger partial charge in [-0.3, -0.25) is 9.59 Å². The molecular formula is C22H21ClN6O2S. The van der Waals surface area contributed by atoms with Gasteiger partial charge in [-0.25, -0.2) is 4.98 Å². The Morgan fingerprint density at radius 2 is 1.94 bits per heavy atom. The smallest absolute Gasteiger partial charge is 0.258 e. The fourth-order valence-corrected chi connectivity index (χ4v) is 4.25. The highest BCUT2D eigenvalue weighted by Crippen LogP contribution is 2.32. The minimum atomic E-state index is -0.166. The Morgan fingerprint density at radius 1 is 1.19 bits per heavy atom. The molecule has 10 heteroatoms. The van der Waals surface area contributed by atoms with Crippen LogP contribution < -0.4 is 10.9 Å². The summed E-state index contributed by atoms with van der Waals surface area (Å²) in [5.41, 5.74) is 1.07. The van der Waals surface area contributed by atoms with E-state index in [1.807, 2.05) is 42.8 Å². The molecule has 4 rings (SSSR count). The number of anilines is 1. The number of amides is 1. The van der Waals surface area contributed by atoms with Crippen LogP contribution in [0.25, 0.3) is 10.9 Å². The van der Waals surface area contributed by atoms with Crippen LogP contribution in [0.5, 0.6) is 0 Å². The number of hydrogen-bond donors (Lipinski definition) is 2. The number of rotatable bonds is 7. The monoisotopic (exact) mass is 468 g/mol. The van der Waals surface area contributed by atoms with Gasteiger partial charge in [-0.2, -0.15) is 0 Å². The van der Waals surface area contributed by atoms with E-state index in [2.05, 4.69) is 25.5 Å². The van der Waals surface area contributed by atoms with Crippen LogP contribution in [0.1, 0.15) is 30.2 Å². The van der Waals surface area contributed by atoms with Crippen LogP contribution in [-0.2, 0) is 18.3 Å². The van der Waals surface area contributed by atoms with E-state index in [0.717, 1.165) is 0 Å². The van der Waals surface area contributed by atoms with Crippen molar-refractivity contribution >= 4 is 45.9 Å². The normalized spacial score (nSPS) is 12.1. The zero-order valence-corrected chi connectivity index (χ0v) is 19.1. The molecule has 1 atom stereocenters. The number of aryl methyl sites for hydroxylation is 1. The number of para-hydroxylation sites is 2. The first-order valence-corrected chi connectivity index (χ1v) is 11.3. The summed E-state index contributed by atoms with van der Waals surface area (Å²) in [7, 11) is 1.85. The van der Waals surface area contributed by atoms with Crippen LogP contribution in [0.3, 0.4) is 0 Å². The zero-order valence-electron chi connectivity index (χ0n) is 17.5. The Labute approximate surface area is 193 Å². The number of benzene rings is 2. The van der Waals surface area contributed by atoms with Crippen LogP contribution in [-0.4, -0.2) is 30.6 Å². The van der Waals surface area contributed by atoms with Crippen molar-refractivity contribution in [2.75, 3.05) is 5.32 Å². The van der Waals surface area contributed by atoms with Gasteiger partial charge in [0, 0.05) is 19.9 Å². The van der Waals surface area contributed by atoms with Gasteiger partial charge in [-0.15, -0.1) is 10.2 Å². The van der Waals surface area contributed by atoms with E-state index in [1.165, 1.54) is 11.8 Å². The molecule has 0 radical (unpaired) electrons. The van der Waals surface area contributed by atoms with Gasteiger partial charge < -0.3 is 14.9 Å². The van der Waals surface area contributed by atoms with Crippen molar-refractivity contribution in [2.45, 2.75) is 30.2 Å². The predicted molar refractivity (Wildman–Crippen MR) is 126 cm³/mol. The minimum absolute atomic E-state index is 0.147. The van der Waals surface area contributed by atoms with Gasteiger partial charge in [0.1, 0.15) is 11.6 Å². The van der Waals surface area contributed by atoms with Gasteiger partial charge in [-0.05, 0) is 31.2 Å². The fraction of sp³-hybridized carbons (Fsp3) is 0.227. The van der Waals surface area contributed by atoms with E-state index in [4.69, 9.17) is 11.6 Å². The van der Waals surface area contributed by atoms with Gasteiger partial charge in [0.2, 0.25) is 5.91 Å². The maximum Gasteiger partial charge on any atom is 0.258 e. The van der Waals surface area contributed by atoms with Crippen molar-refractivity contribution in [3.8, 4) is 0 Å². The van der Waals surface area contributed by atoms with Crippen LogP contribution in [0, 0.1) is 0 Å². The number of nitrogens with one attached hydrogen (secondary N) is 2. The first-order chi connectivity index (χ1) is 15.4. The summed E-state index contributed by atoms with van der Waals surface area (Å²) in [4.78, 5) is 32.1. The number of thioether (sulfide) groups is 1. The molecule has 0 saturated heterocycles. The molecule has 1 unspecified atom stereocenters. The van der Waals surface area contributed by atoms with Crippen LogP contribution in [0.4, 0.5) is 5.69 Å². The molecule has 0 fully saturated rings. The molecule has 0 aliphatic carbocycles. The van der Waals surface area contributed by atoms with Crippen molar-refractivity contribution in [1.82, 2.24) is 24.7 Å². The summed E-state index contributed by atoms with van der Waals surface area (Å²) in [5, 5.41) is 12.9. The highest BCUT2D eigenvalue weighted by atomic mass is 35.5. The summed E-state index contributed by atoms with van der Waals surface area (Å²) in [6.45, 7) is 1.95. The number of H-pyrrole nitrogens is 1. The Kier molecular flexibility index (Phi) is 6.57. The second kappa shape index (κ2) is 9.54. The van der Waals surface area contributed by atoms with Crippen molar-refractivity contribution in [1.29, 1.82) is 0 Å². The summed E-state index contributed by atoms with van der Waals surface area (Å²) in [5.74, 6) is 1.11. The molecule has 0 aliphatic heterocycles. The van der Waals surface area contributed by atoms with Crippen molar-refractivity contribution in [3.63, 3.8) is 0 Å². The third-order valence-electron chi connectivity index (χ3n) is 4.95. The van der Waals surface area contributed by atoms with Crippen LogP contribution >= 0.6 is 23.4 Å². The largest absolute Gasteiger partial charge is 0.325 e. The number of carbonyl (C=O) groups is 1. The first kappa shape index (κ1) is 22.0. The summed E-state index contributed by atoms with van der Waals surface area (Å²) < 4.78 is 1.85. The van der Waals surface area contributed by atoms with E-state index in [0.29, 0.717) is 44.8 Å². The highest BCUT2D eigenvalue weighted by molar-refractivity contribution is 7.99. The third kappa shape index (κ3) is 4.84. The number of aromatic amines is 1. The van der Waals surface area contributed by atoms with Gasteiger partial charge in [-0.1, -0.05) is 47.6 Å². The lowest BCUT2D eigenvalue weighted by molar-refractivity contribution is -0.116. The van der Waals surface area contributed by atoms with Gasteiger partial charge in [0.15, 0.2) is 5.16 Å². The van der Waals surface area contributed by atoms with Crippen molar-refractivity contribution in [3.05, 3.63) is 75.6 Å². The second-order valence-corrected chi connectivity index (χ2v) is 8.93. The molecule has 0 saturated carbocycles. The molecule has 4 aromatic rings. The first-order valence-electron chi connectivity index (χ1n) is 10.0. The fourth-order valence-electron chi connectivity index (χ4n) is 3.18. The average Bonchev–Trinajstić information content (AvgIpc) is 3.13. The lowest BCUT2D eigenvalue weighted by Gasteiger charge is -2.11. The summed E-state index contributed by atoms with van der Waals surface area (Å²) in [6.07, 6.45) is 0.677. The average molecular weight is 469 g/mol. The summed E-state index contributed by atoms with van der Waals surface area (Å²) in [6, 6.07) is 14.3. The molecule has 0 spiro atoms. The molecule has 2 N–H and O–H groups in total. The molecule has 8 nitrogen and oxygen atoms in total. The minimum Gasteiger partial charge on any atom is -0.325 e. The van der Waals surface area contributed by atoms with Gasteiger partial charge >= 0.3 is 0 Å². The van der Waals surface area contributed by atoms with Crippen molar-refractivity contribution in [2.24, 2.45) is 7.05 Å². The van der Waals surface area contributed by atoms with Crippen molar-refractivity contribution < 1.29 is 4.79 Å². The van der Waals surface area contributed by atoms with Gasteiger partial charge in [0.05, 0.1) is 26.9 Å². The molecule has 164 valence electrons. The van der Waals surface area contributed by atoms with Crippen LogP contribution in [0.15, 0.2) is 58.5 Å². The highest BCUT2D eigenvalue weighted by Gasteiger charge is 2.18.